The van der Waals surface area contributed by atoms with Gasteiger partial charge in [-0.2, -0.15) is 0 Å². The first-order valence-corrected chi connectivity index (χ1v) is 11.1. The van der Waals surface area contributed by atoms with Crippen LogP contribution in [-0.2, 0) is 16.2 Å². The van der Waals surface area contributed by atoms with Crippen LogP contribution in [0.25, 0.3) is 6.08 Å². The zero-order chi connectivity index (χ0) is 24.4. The molecule has 0 saturated carbocycles. The van der Waals surface area contributed by atoms with E-state index in [2.05, 4.69) is 5.32 Å². The van der Waals surface area contributed by atoms with E-state index in [9.17, 15) is 14.4 Å². The first-order chi connectivity index (χ1) is 16.2. The lowest BCUT2D eigenvalue weighted by molar-refractivity contribution is -0.122. The molecule has 1 aliphatic heterocycles. The molecule has 0 radical (unpaired) electrons. The van der Waals surface area contributed by atoms with Crippen molar-refractivity contribution in [2.75, 3.05) is 4.90 Å². The first kappa shape index (κ1) is 23.5. The van der Waals surface area contributed by atoms with E-state index >= 15 is 0 Å². The minimum atomic E-state index is -0.804. The third kappa shape index (κ3) is 4.83. The lowest BCUT2D eigenvalue weighted by Gasteiger charge is -2.28. The highest BCUT2D eigenvalue weighted by molar-refractivity contribution is 6.39. The topological polar surface area (TPSA) is 75.7 Å². The van der Waals surface area contributed by atoms with Gasteiger partial charge in [-0.15, -0.1) is 0 Å². The second-order valence-corrected chi connectivity index (χ2v) is 8.65. The van der Waals surface area contributed by atoms with Crippen molar-refractivity contribution in [1.82, 2.24) is 5.32 Å². The lowest BCUT2D eigenvalue weighted by atomic mass is 10.0. The van der Waals surface area contributed by atoms with Crippen LogP contribution in [0, 0.1) is 13.8 Å². The van der Waals surface area contributed by atoms with Gasteiger partial charge in [0.05, 0.1) is 5.69 Å². The Hall–Kier alpha value is -3.61. The molecule has 3 aromatic rings. The number of hydrogen-bond acceptors (Lipinski definition) is 4. The number of rotatable bonds is 5. The Morgan fingerprint density at radius 2 is 1.74 bits per heavy atom. The van der Waals surface area contributed by atoms with Crippen molar-refractivity contribution in [3.63, 3.8) is 0 Å². The maximum atomic E-state index is 13.3. The summed E-state index contributed by atoms with van der Waals surface area (Å²) < 4.78 is 5.93. The van der Waals surface area contributed by atoms with Gasteiger partial charge in [-0.1, -0.05) is 53.5 Å². The van der Waals surface area contributed by atoms with Crippen LogP contribution in [0.2, 0.25) is 10.0 Å². The number of nitrogens with one attached hydrogen (secondary N) is 1. The molecule has 0 spiro atoms. The van der Waals surface area contributed by atoms with Crippen LogP contribution in [0.3, 0.4) is 0 Å². The van der Waals surface area contributed by atoms with Gasteiger partial charge in [0.15, 0.2) is 0 Å². The van der Waals surface area contributed by atoms with Crippen LogP contribution < -0.4 is 15.0 Å². The summed E-state index contributed by atoms with van der Waals surface area (Å²) in [7, 11) is 0. The van der Waals surface area contributed by atoms with Crippen molar-refractivity contribution in [1.29, 1.82) is 0 Å². The van der Waals surface area contributed by atoms with E-state index in [4.69, 9.17) is 27.9 Å². The molecule has 4 amide bonds. The van der Waals surface area contributed by atoms with Crippen molar-refractivity contribution in [2.45, 2.75) is 20.5 Å². The van der Waals surface area contributed by atoms with Gasteiger partial charge >= 0.3 is 6.03 Å². The Morgan fingerprint density at radius 1 is 0.971 bits per heavy atom. The van der Waals surface area contributed by atoms with Crippen molar-refractivity contribution in [3.05, 3.63) is 98.5 Å². The standard InChI is InChI=1S/C26H20Cl2N2O4/c1-15-7-8-16(2)22(11-15)30-25(32)20(24(31)29-26(30)33)13-18-12-19(27)9-10-23(18)34-14-17-5-3-4-6-21(17)28/h3-13H,14H2,1-2H3,(H,29,31,33)/b20-13+. The number of aryl methyl sites for hydroxylation is 2. The Kier molecular flexibility index (Phi) is 6.72. The average Bonchev–Trinajstić information content (AvgIpc) is 2.79. The summed E-state index contributed by atoms with van der Waals surface area (Å²) in [6, 6.07) is 16.7. The third-order valence-electron chi connectivity index (χ3n) is 5.32. The fourth-order valence-corrected chi connectivity index (χ4v) is 3.90. The van der Waals surface area contributed by atoms with Gasteiger partial charge in [-0.25, -0.2) is 9.69 Å². The van der Waals surface area contributed by atoms with E-state index in [0.29, 0.717) is 32.6 Å². The third-order valence-corrected chi connectivity index (χ3v) is 5.92. The van der Waals surface area contributed by atoms with Gasteiger partial charge in [0.2, 0.25) is 0 Å². The molecule has 4 rings (SSSR count). The van der Waals surface area contributed by atoms with Gasteiger partial charge in [-0.05, 0) is 61.4 Å². The number of carbonyl (C=O) groups is 3. The summed E-state index contributed by atoms with van der Waals surface area (Å²) in [5, 5.41) is 3.19. The van der Waals surface area contributed by atoms with E-state index in [1.807, 2.05) is 37.3 Å². The fraction of sp³-hybridized carbons (Fsp3) is 0.115. The number of barbiturate groups is 1. The molecule has 6 nitrogen and oxygen atoms in total. The molecule has 34 heavy (non-hydrogen) atoms. The monoisotopic (exact) mass is 494 g/mol. The summed E-state index contributed by atoms with van der Waals surface area (Å²) in [5.41, 5.74) is 2.96. The Balaban J connectivity index is 1.71. The zero-order valence-corrected chi connectivity index (χ0v) is 19.9. The molecule has 1 saturated heterocycles. The maximum absolute atomic E-state index is 13.3. The van der Waals surface area contributed by atoms with Gasteiger partial charge in [0, 0.05) is 21.2 Å². The number of carbonyl (C=O) groups excluding carboxylic acids is 3. The molecular weight excluding hydrogens is 475 g/mol. The average molecular weight is 495 g/mol. The maximum Gasteiger partial charge on any atom is 0.335 e. The van der Waals surface area contributed by atoms with E-state index in [1.54, 1.807) is 37.3 Å². The van der Waals surface area contributed by atoms with Crippen molar-refractivity contribution in [3.8, 4) is 5.75 Å². The highest BCUT2D eigenvalue weighted by Crippen LogP contribution is 2.30. The smallest absolute Gasteiger partial charge is 0.335 e. The summed E-state index contributed by atoms with van der Waals surface area (Å²) >= 11 is 12.4. The second kappa shape index (κ2) is 9.71. The largest absolute Gasteiger partial charge is 0.488 e. The normalized spacial score (nSPS) is 15.0. The van der Waals surface area contributed by atoms with Gasteiger partial charge in [0.25, 0.3) is 11.8 Å². The number of imide groups is 2. The molecule has 0 unspecified atom stereocenters. The minimum Gasteiger partial charge on any atom is -0.488 e. The van der Waals surface area contributed by atoms with E-state index in [-0.39, 0.29) is 12.2 Å². The number of hydrogen-bond donors (Lipinski definition) is 1. The highest BCUT2D eigenvalue weighted by atomic mass is 35.5. The van der Waals surface area contributed by atoms with Crippen LogP contribution >= 0.6 is 23.2 Å². The number of benzene rings is 3. The molecular formula is C26H20Cl2N2O4. The quantitative estimate of drug-likeness (QED) is 0.356. The number of urea groups is 1. The van der Waals surface area contributed by atoms with Crippen LogP contribution in [0.15, 0.2) is 66.2 Å². The molecule has 1 aliphatic rings. The molecule has 1 heterocycles. The van der Waals surface area contributed by atoms with E-state index in [1.165, 1.54) is 6.08 Å². The minimum absolute atomic E-state index is 0.171. The Labute approximate surface area is 206 Å². The fourth-order valence-electron chi connectivity index (χ4n) is 3.53. The summed E-state index contributed by atoms with van der Waals surface area (Å²) in [6.45, 7) is 3.81. The van der Waals surface area contributed by atoms with Crippen LogP contribution in [0.5, 0.6) is 5.75 Å². The molecule has 3 aromatic carbocycles. The molecule has 8 heteroatoms. The Morgan fingerprint density at radius 3 is 2.50 bits per heavy atom. The number of anilines is 1. The molecule has 1 N–H and O–H groups in total. The molecule has 0 aromatic heterocycles. The number of halogens is 2. The summed E-state index contributed by atoms with van der Waals surface area (Å²) in [6.07, 6.45) is 1.37. The zero-order valence-electron chi connectivity index (χ0n) is 18.4. The molecule has 1 fully saturated rings. The van der Waals surface area contributed by atoms with Gasteiger partial charge < -0.3 is 4.74 Å². The molecule has 0 atom stereocenters. The lowest BCUT2D eigenvalue weighted by Crippen LogP contribution is -2.54. The van der Waals surface area contributed by atoms with Crippen molar-refractivity contribution >= 4 is 52.8 Å². The SMILES string of the molecule is Cc1ccc(C)c(N2C(=O)NC(=O)/C(=C\c3cc(Cl)ccc3OCc3ccccc3Cl)C2=O)c1. The molecule has 0 aliphatic carbocycles. The van der Waals surface area contributed by atoms with Crippen LogP contribution in [0.1, 0.15) is 22.3 Å². The highest BCUT2D eigenvalue weighted by Gasteiger charge is 2.37. The molecule has 172 valence electrons. The second-order valence-electron chi connectivity index (χ2n) is 7.81. The Bertz CT molecular complexity index is 1350. The molecule has 0 bridgehead atoms. The van der Waals surface area contributed by atoms with Crippen molar-refractivity contribution < 1.29 is 19.1 Å². The summed E-state index contributed by atoms with van der Waals surface area (Å²) in [4.78, 5) is 39.5. The predicted octanol–water partition coefficient (Wildman–Crippen LogP) is 5.86. The van der Waals surface area contributed by atoms with Gasteiger partial charge in [-0.3, -0.25) is 14.9 Å². The van der Waals surface area contributed by atoms with Crippen LogP contribution in [0.4, 0.5) is 10.5 Å². The van der Waals surface area contributed by atoms with E-state index in [0.717, 1.165) is 16.0 Å². The number of nitrogens with zero attached hydrogens (tertiary/aromatic N) is 1. The van der Waals surface area contributed by atoms with Gasteiger partial charge in [0.1, 0.15) is 17.9 Å². The summed E-state index contributed by atoms with van der Waals surface area (Å²) in [5.74, 6) is -1.14. The first-order valence-electron chi connectivity index (χ1n) is 10.4. The number of amides is 4. The van der Waals surface area contributed by atoms with E-state index < -0.39 is 17.8 Å². The van der Waals surface area contributed by atoms with Crippen molar-refractivity contribution in [2.24, 2.45) is 0 Å². The van der Waals surface area contributed by atoms with Crippen LogP contribution in [-0.4, -0.2) is 17.8 Å². The predicted molar refractivity (Wildman–Crippen MR) is 132 cm³/mol. The number of ether oxygens (including phenoxy) is 1.